The third kappa shape index (κ3) is 5.38. The van der Waals surface area contributed by atoms with Gasteiger partial charge in [-0.05, 0) is 59.1 Å². The molecule has 0 radical (unpaired) electrons. The highest BCUT2D eigenvalue weighted by atomic mass is 79.9. The molecule has 0 fully saturated rings. The lowest BCUT2D eigenvalue weighted by atomic mass is 10.1. The van der Waals surface area contributed by atoms with Gasteiger partial charge in [0, 0.05) is 6.20 Å². The van der Waals surface area contributed by atoms with Gasteiger partial charge in [-0.1, -0.05) is 12.1 Å². The number of pyridine rings is 1. The highest BCUT2D eigenvalue weighted by Crippen LogP contribution is 2.22. The van der Waals surface area contributed by atoms with Gasteiger partial charge in [-0.15, -0.1) is 0 Å². The Bertz CT molecular complexity index is 1150. The molecular weight excluding hydrogens is 470 g/mol. The lowest BCUT2D eigenvalue weighted by molar-refractivity contribution is 0.0935. The van der Waals surface area contributed by atoms with Crippen LogP contribution in [0.1, 0.15) is 53.2 Å². The van der Waals surface area contributed by atoms with E-state index in [-0.39, 0.29) is 23.2 Å². The smallest absolute Gasteiger partial charge is 0.274 e. The van der Waals surface area contributed by atoms with Gasteiger partial charge in [0.15, 0.2) is 28.8 Å². The molecule has 0 aliphatic rings. The van der Waals surface area contributed by atoms with E-state index in [9.17, 15) is 13.6 Å². The standard InChI is InChI=1S/C21H17BrF2N6O/c1-11(13-3-5-16(23)17(24)7-13)29-21(31)19-20(27-10-15(8-25)30-19)28-12(2)14-4-6-18(22)26-9-14/h3-7,9-12H,1-2H3,(H,27,28)(H,29,31). The minimum atomic E-state index is -1.01. The van der Waals surface area contributed by atoms with Crippen molar-refractivity contribution in [3.8, 4) is 6.07 Å². The first-order chi connectivity index (χ1) is 14.8. The summed E-state index contributed by atoms with van der Waals surface area (Å²) < 4.78 is 27.4. The Kier molecular flexibility index (Phi) is 6.87. The molecule has 2 heterocycles. The normalized spacial score (nSPS) is 12.5. The van der Waals surface area contributed by atoms with Crippen LogP contribution >= 0.6 is 15.9 Å². The first kappa shape index (κ1) is 22.2. The Morgan fingerprint density at radius 1 is 1.06 bits per heavy atom. The number of benzene rings is 1. The zero-order valence-electron chi connectivity index (χ0n) is 16.5. The Balaban J connectivity index is 1.84. The summed E-state index contributed by atoms with van der Waals surface area (Å²) in [5.41, 5.74) is 1.09. The molecule has 3 aromatic rings. The summed E-state index contributed by atoms with van der Waals surface area (Å²) in [6.07, 6.45) is 2.92. The van der Waals surface area contributed by atoms with Crippen molar-refractivity contribution in [2.75, 3.05) is 5.32 Å². The van der Waals surface area contributed by atoms with Crippen molar-refractivity contribution in [2.45, 2.75) is 25.9 Å². The molecule has 0 spiro atoms. The zero-order valence-corrected chi connectivity index (χ0v) is 18.1. The molecule has 0 aliphatic heterocycles. The van der Waals surface area contributed by atoms with Crippen molar-refractivity contribution >= 4 is 27.7 Å². The van der Waals surface area contributed by atoms with Crippen LogP contribution in [-0.4, -0.2) is 20.9 Å². The number of carbonyl (C=O) groups excluding carboxylic acids is 1. The van der Waals surface area contributed by atoms with E-state index in [4.69, 9.17) is 5.26 Å². The van der Waals surface area contributed by atoms with Gasteiger partial charge in [0.1, 0.15) is 10.7 Å². The molecule has 1 aromatic carbocycles. The molecule has 7 nitrogen and oxygen atoms in total. The summed E-state index contributed by atoms with van der Waals surface area (Å²) in [5.74, 6) is -2.43. The molecule has 31 heavy (non-hydrogen) atoms. The molecule has 2 aromatic heterocycles. The second-order valence-electron chi connectivity index (χ2n) is 6.71. The van der Waals surface area contributed by atoms with Crippen LogP contribution < -0.4 is 10.6 Å². The predicted molar refractivity (Wildman–Crippen MR) is 113 cm³/mol. The number of carbonyl (C=O) groups is 1. The SMILES string of the molecule is CC(NC(=O)c1nc(C#N)cnc1NC(C)c1ccc(Br)nc1)c1ccc(F)c(F)c1. The van der Waals surface area contributed by atoms with Gasteiger partial charge < -0.3 is 10.6 Å². The van der Waals surface area contributed by atoms with Crippen LogP contribution in [0.5, 0.6) is 0 Å². The molecule has 0 aliphatic carbocycles. The number of halogens is 3. The largest absolute Gasteiger partial charge is 0.362 e. The second kappa shape index (κ2) is 9.57. The Morgan fingerprint density at radius 2 is 1.81 bits per heavy atom. The minimum Gasteiger partial charge on any atom is -0.362 e. The molecule has 2 atom stereocenters. The molecule has 0 saturated carbocycles. The number of nitrogens with one attached hydrogen (secondary N) is 2. The van der Waals surface area contributed by atoms with Crippen LogP contribution in [0.15, 0.2) is 47.3 Å². The van der Waals surface area contributed by atoms with E-state index in [0.29, 0.717) is 10.2 Å². The maximum Gasteiger partial charge on any atom is 0.274 e. The molecule has 2 unspecified atom stereocenters. The Morgan fingerprint density at radius 3 is 2.45 bits per heavy atom. The van der Waals surface area contributed by atoms with Crippen LogP contribution in [-0.2, 0) is 0 Å². The van der Waals surface area contributed by atoms with E-state index in [0.717, 1.165) is 17.7 Å². The number of hydrogen-bond donors (Lipinski definition) is 2. The van der Waals surface area contributed by atoms with Crippen molar-refractivity contribution in [3.63, 3.8) is 0 Å². The predicted octanol–water partition coefficient (Wildman–Crippen LogP) is 4.45. The van der Waals surface area contributed by atoms with E-state index >= 15 is 0 Å². The quantitative estimate of drug-likeness (QED) is 0.498. The monoisotopic (exact) mass is 486 g/mol. The molecule has 0 bridgehead atoms. The van der Waals surface area contributed by atoms with Gasteiger partial charge in [-0.2, -0.15) is 5.26 Å². The number of hydrogen-bond acceptors (Lipinski definition) is 6. The van der Waals surface area contributed by atoms with Gasteiger partial charge in [-0.25, -0.2) is 23.7 Å². The third-order valence-corrected chi connectivity index (χ3v) is 4.97. The van der Waals surface area contributed by atoms with Gasteiger partial charge in [0.25, 0.3) is 5.91 Å². The van der Waals surface area contributed by atoms with Gasteiger partial charge >= 0.3 is 0 Å². The molecule has 3 rings (SSSR count). The zero-order chi connectivity index (χ0) is 22.5. The van der Waals surface area contributed by atoms with E-state index < -0.39 is 23.6 Å². The average Bonchev–Trinajstić information content (AvgIpc) is 2.76. The van der Waals surface area contributed by atoms with Crippen molar-refractivity contribution in [3.05, 3.63) is 81.5 Å². The maximum atomic E-state index is 13.5. The first-order valence-electron chi connectivity index (χ1n) is 9.19. The lowest BCUT2D eigenvalue weighted by Gasteiger charge is -2.18. The minimum absolute atomic E-state index is 0.0332. The second-order valence-corrected chi connectivity index (χ2v) is 7.53. The highest BCUT2D eigenvalue weighted by Gasteiger charge is 2.21. The van der Waals surface area contributed by atoms with E-state index in [1.165, 1.54) is 12.3 Å². The van der Waals surface area contributed by atoms with Gasteiger partial charge in [0.05, 0.1) is 18.3 Å². The number of anilines is 1. The summed E-state index contributed by atoms with van der Waals surface area (Å²) in [4.78, 5) is 25.3. The topological polar surface area (TPSA) is 104 Å². The molecule has 158 valence electrons. The maximum absolute atomic E-state index is 13.5. The summed E-state index contributed by atoms with van der Waals surface area (Å²) >= 11 is 3.28. The molecule has 10 heteroatoms. The summed E-state index contributed by atoms with van der Waals surface area (Å²) in [6, 6.07) is 7.97. The molecule has 2 N–H and O–H groups in total. The average molecular weight is 487 g/mol. The molecular formula is C21H17BrF2N6O. The van der Waals surface area contributed by atoms with Crippen LogP contribution in [0, 0.1) is 23.0 Å². The fraction of sp³-hybridized carbons (Fsp3) is 0.190. The van der Waals surface area contributed by atoms with Crippen molar-refractivity contribution in [2.24, 2.45) is 0 Å². The number of aromatic nitrogens is 3. The Hall–Kier alpha value is -3.45. The molecule has 0 saturated heterocycles. The number of rotatable bonds is 6. The summed E-state index contributed by atoms with van der Waals surface area (Å²) in [6.45, 7) is 3.48. The van der Waals surface area contributed by atoms with Crippen molar-refractivity contribution in [1.82, 2.24) is 20.3 Å². The number of amides is 1. The number of nitriles is 1. The molecule has 1 amide bonds. The van der Waals surface area contributed by atoms with Crippen LogP contribution in [0.2, 0.25) is 0 Å². The first-order valence-corrected chi connectivity index (χ1v) is 9.98. The van der Waals surface area contributed by atoms with Crippen LogP contribution in [0.25, 0.3) is 0 Å². The van der Waals surface area contributed by atoms with Crippen molar-refractivity contribution in [1.29, 1.82) is 5.26 Å². The highest BCUT2D eigenvalue weighted by molar-refractivity contribution is 9.10. The Labute approximate surface area is 185 Å². The van der Waals surface area contributed by atoms with E-state index in [1.807, 2.05) is 19.1 Å². The van der Waals surface area contributed by atoms with Crippen LogP contribution in [0.3, 0.4) is 0 Å². The summed E-state index contributed by atoms with van der Waals surface area (Å²) in [7, 11) is 0. The van der Waals surface area contributed by atoms with E-state index in [1.54, 1.807) is 19.2 Å². The summed E-state index contributed by atoms with van der Waals surface area (Å²) in [5, 5.41) is 14.9. The number of nitrogens with zero attached hydrogens (tertiary/aromatic N) is 4. The van der Waals surface area contributed by atoms with E-state index in [2.05, 4.69) is 41.5 Å². The van der Waals surface area contributed by atoms with Crippen molar-refractivity contribution < 1.29 is 13.6 Å². The van der Waals surface area contributed by atoms with Crippen LogP contribution in [0.4, 0.5) is 14.6 Å². The fourth-order valence-electron chi connectivity index (χ4n) is 2.77. The van der Waals surface area contributed by atoms with Gasteiger partial charge in [0.2, 0.25) is 0 Å². The lowest BCUT2D eigenvalue weighted by Crippen LogP contribution is -2.29. The third-order valence-electron chi connectivity index (χ3n) is 4.50. The fourth-order valence-corrected chi connectivity index (χ4v) is 3.00. The van der Waals surface area contributed by atoms with Gasteiger partial charge in [-0.3, -0.25) is 4.79 Å².